The summed E-state index contributed by atoms with van der Waals surface area (Å²) in [5.74, 6) is -3.10. The molecule has 0 radical (unpaired) electrons. The molecule has 0 aliphatic rings. The first-order chi connectivity index (χ1) is 8.49. The number of hydrogen-bond donors (Lipinski definition) is 1. The fourth-order valence-electron chi connectivity index (χ4n) is 1.12. The van der Waals surface area contributed by atoms with Crippen molar-refractivity contribution >= 4 is 6.29 Å². The molecular weight excluding hydrogens is 238 g/mol. The van der Waals surface area contributed by atoms with Gasteiger partial charge in [0.15, 0.2) is 6.29 Å². The zero-order valence-corrected chi connectivity index (χ0v) is 11.0. The van der Waals surface area contributed by atoms with E-state index >= 15 is 0 Å². The first kappa shape index (κ1) is 16.6. The van der Waals surface area contributed by atoms with Crippen molar-refractivity contribution in [2.75, 3.05) is 7.05 Å². The van der Waals surface area contributed by atoms with E-state index in [4.69, 9.17) is 0 Å². The van der Waals surface area contributed by atoms with E-state index in [0.29, 0.717) is 0 Å². The van der Waals surface area contributed by atoms with Crippen LogP contribution in [0.5, 0.6) is 0 Å². The molecule has 1 aromatic rings. The number of nitrogens with zero attached hydrogens (tertiary/aromatic N) is 1. The van der Waals surface area contributed by atoms with Crippen LogP contribution in [0, 0.1) is 0 Å². The van der Waals surface area contributed by atoms with Crippen LogP contribution >= 0.6 is 0 Å². The van der Waals surface area contributed by atoms with Gasteiger partial charge in [-0.05, 0) is 31.2 Å². The molecule has 0 saturated heterocycles. The molecular formula is C13H20F2N2O. The third kappa shape index (κ3) is 7.06. The molecule has 0 aliphatic carbocycles. The van der Waals surface area contributed by atoms with Gasteiger partial charge in [0.1, 0.15) is 0 Å². The maximum Gasteiger partial charge on any atom is 0.302 e. The average Bonchev–Trinajstić information content (AvgIpc) is 2.40. The van der Waals surface area contributed by atoms with Gasteiger partial charge in [0.25, 0.3) is 0 Å². The molecule has 0 bridgehead atoms. The maximum atomic E-state index is 11.5. The lowest BCUT2D eigenvalue weighted by Gasteiger charge is -2.00. The summed E-state index contributed by atoms with van der Waals surface area (Å²) < 4.78 is 23.0. The van der Waals surface area contributed by atoms with Gasteiger partial charge in [0.05, 0.1) is 0 Å². The van der Waals surface area contributed by atoms with Gasteiger partial charge in [-0.1, -0.05) is 13.8 Å². The zero-order chi connectivity index (χ0) is 14.0. The molecule has 18 heavy (non-hydrogen) atoms. The molecule has 1 N–H and O–H groups in total. The second-order valence-electron chi connectivity index (χ2n) is 3.77. The summed E-state index contributed by atoms with van der Waals surface area (Å²) in [5.41, 5.74) is 2.47. The fourth-order valence-corrected chi connectivity index (χ4v) is 1.12. The maximum absolute atomic E-state index is 11.5. The highest BCUT2D eigenvalue weighted by molar-refractivity contribution is 5.59. The van der Waals surface area contributed by atoms with Crippen LogP contribution in [0.4, 0.5) is 8.78 Å². The van der Waals surface area contributed by atoms with Crippen LogP contribution in [-0.4, -0.2) is 24.2 Å². The van der Waals surface area contributed by atoms with Gasteiger partial charge in [-0.15, -0.1) is 0 Å². The molecule has 3 nitrogen and oxygen atoms in total. The second-order valence-corrected chi connectivity index (χ2v) is 3.77. The van der Waals surface area contributed by atoms with Crippen molar-refractivity contribution in [3.05, 3.63) is 29.6 Å². The van der Waals surface area contributed by atoms with Crippen molar-refractivity contribution in [2.24, 2.45) is 0 Å². The molecule has 1 heterocycles. The Bertz CT molecular complexity index is 357. The monoisotopic (exact) mass is 258 g/mol. The Morgan fingerprint density at radius 1 is 1.44 bits per heavy atom. The summed E-state index contributed by atoms with van der Waals surface area (Å²) in [6, 6.07) is 4.17. The molecule has 102 valence electrons. The Kier molecular flexibility index (Phi) is 8.03. The molecule has 0 fully saturated rings. The van der Waals surface area contributed by atoms with Crippen LogP contribution in [0.25, 0.3) is 0 Å². The normalized spacial score (nSPS) is 10.5. The zero-order valence-electron chi connectivity index (χ0n) is 11.0. The number of aldehydes is 1. The summed E-state index contributed by atoms with van der Waals surface area (Å²) in [5, 5.41) is 3.11. The van der Waals surface area contributed by atoms with Gasteiger partial charge < -0.3 is 5.32 Å². The summed E-state index contributed by atoms with van der Waals surface area (Å²) in [7, 11) is 1.95. The summed E-state index contributed by atoms with van der Waals surface area (Å²) in [6.45, 7) is 4.30. The van der Waals surface area contributed by atoms with E-state index in [-0.39, 0.29) is 6.29 Å². The number of pyridine rings is 1. The topological polar surface area (TPSA) is 42.0 Å². The van der Waals surface area contributed by atoms with Crippen molar-refractivity contribution in [1.29, 1.82) is 0 Å². The third-order valence-electron chi connectivity index (χ3n) is 2.27. The Balaban J connectivity index is 0.000000360. The lowest BCUT2D eigenvalue weighted by Crippen LogP contribution is -2.14. The minimum absolute atomic E-state index is 0.340. The summed E-state index contributed by atoms with van der Waals surface area (Å²) in [4.78, 5) is 13.5. The SMILES string of the molecule is CCC(F)(F)C=O.CCc1cc(CNC)ccn1. The number of aromatic nitrogens is 1. The first-order valence-corrected chi connectivity index (χ1v) is 5.91. The molecule has 0 amide bonds. The van der Waals surface area contributed by atoms with E-state index in [2.05, 4.69) is 23.3 Å². The van der Waals surface area contributed by atoms with E-state index < -0.39 is 12.3 Å². The predicted molar refractivity (Wildman–Crippen MR) is 67.7 cm³/mol. The first-order valence-electron chi connectivity index (χ1n) is 5.91. The van der Waals surface area contributed by atoms with Crippen molar-refractivity contribution in [1.82, 2.24) is 10.3 Å². The van der Waals surface area contributed by atoms with Crippen molar-refractivity contribution in [3.8, 4) is 0 Å². The molecule has 0 spiro atoms. The highest BCUT2D eigenvalue weighted by Crippen LogP contribution is 2.12. The van der Waals surface area contributed by atoms with E-state index in [0.717, 1.165) is 18.7 Å². The number of aryl methyl sites for hydroxylation is 1. The number of hydrogen-bond acceptors (Lipinski definition) is 3. The lowest BCUT2D eigenvalue weighted by atomic mass is 10.2. The van der Waals surface area contributed by atoms with Crippen LogP contribution < -0.4 is 5.32 Å². The lowest BCUT2D eigenvalue weighted by molar-refractivity contribution is -0.129. The number of halogens is 2. The third-order valence-corrected chi connectivity index (χ3v) is 2.27. The second kappa shape index (κ2) is 8.69. The Hall–Kier alpha value is -1.36. The largest absolute Gasteiger partial charge is 0.316 e. The van der Waals surface area contributed by atoms with E-state index in [1.54, 1.807) is 0 Å². The number of carbonyl (C=O) groups is 1. The molecule has 1 aromatic heterocycles. The Morgan fingerprint density at radius 3 is 2.50 bits per heavy atom. The van der Waals surface area contributed by atoms with Crippen LogP contribution in [0.3, 0.4) is 0 Å². The van der Waals surface area contributed by atoms with E-state index in [1.807, 2.05) is 19.3 Å². The fraction of sp³-hybridized carbons (Fsp3) is 0.538. The smallest absolute Gasteiger partial charge is 0.302 e. The minimum Gasteiger partial charge on any atom is -0.316 e. The molecule has 0 saturated carbocycles. The number of rotatable bonds is 5. The van der Waals surface area contributed by atoms with Crippen LogP contribution in [0.1, 0.15) is 31.5 Å². The Morgan fingerprint density at radius 2 is 2.11 bits per heavy atom. The molecule has 5 heteroatoms. The van der Waals surface area contributed by atoms with Crippen LogP contribution in [-0.2, 0) is 17.8 Å². The van der Waals surface area contributed by atoms with Crippen LogP contribution in [0.15, 0.2) is 18.3 Å². The van der Waals surface area contributed by atoms with Crippen molar-refractivity contribution in [2.45, 2.75) is 39.2 Å². The van der Waals surface area contributed by atoms with Gasteiger partial charge in [0.2, 0.25) is 0 Å². The Labute approximate surface area is 107 Å². The molecule has 0 atom stereocenters. The van der Waals surface area contributed by atoms with Crippen molar-refractivity contribution < 1.29 is 13.6 Å². The molecule has 0 aromatic carbocycles. The van der Waals surface area contributed by atoms with Crippen molar-refractivity contribution in [3.63, 3.8) is 0 Å². The standard InChI is InChI=1S/C9H14N2.C4H6F2O/c1-3-9-6-8(7-10-2)4-5-11-9;1-2-4(5,6)3-7/h4-6,10H,3,7H2,1-2H3;3H,2H2,1H3. The van der Waals surface area contributed by atoms with Gasteiger partial charge in [-0.2, -0.15) is 8.78 Å². The quantitative estimate of drug-likeness (QED) is 0.825. The number of carbonyl (C=O) groups excluding carboxylic acids is 1. The van der Waals surface area contributed by atoms with Gasteiger partial charge in [-0.3, -0.25) is 9.78 Å². The average molecular weight is 258 g/mol. The van der Waals surface area contributed by atoms with Gasteiger partial charge in [0, 0.05) is 24.9 Å². The minimum atomic E-state index is -3.10. The molecule has 0 unspecified atom stereocenters. The highest BCUT2D eigenvalue weighted by Gasteiger charge is 2.23. The predicted octanol–water partition coefficient (Wildman–Crippen LogP) is 2.59. The van der Waals surface area contributed by atoms with Crippen LogP contribution in [0.2, 0.25) is 0 Å². The number of alkyl halides is 2. The van der Waals surface area contributed by atoms with E-state index in [9.17, 15) is 13.6 Å². The van der Waals surface area contributed by atoms with Gasteiger partial charge >= 0.3 is 5.92 Å². The van der Waals surface area contributed by atoms with E-state index in [1.165, 1.54) is 12.5 Å². The number of nitrogens with one attached hydrogen (secondary N) is 1. The molecule has 0 aliphatic heterocycles. The summed E-state index contributed by atoms with van der Waals surface area (Å²) >= 11 is 0. The summed E-state index contributed by atoms with van der Waals surface area (Å²) in [6.07, 6.45) is 2.13. The van der Waals surface area contributed by atoms with Gasteiger partial charge in [-0.25, -0.2) is 0 Å². The highest BCUT2D eigenvalue weighted by atomic mass is 19.3. The molecule has 1 rings (SSSR count).